The molecule has 0 spiro atoms. The van der Waals surface area contributed by atoms with Gasteiger partial charge in [-0.2, -0.15) is 0 Å². The Morgan fingerprint density at radius 3 is 2.57 bits per heavy atom. The number of hydrogen-bond donors (Lipinski definition) is 2. The number of anilines is 1. The molecule has 0 aliphatic carbocycles. The number of unbranched alkanes of at least 4 members (excludes halogenated alkanes) is 1. The van der Waals surface area contributed by atoms with Gasteiger partial charge >= 0.3 is 0 Å². The fraction of sp³-hybridized carbons (Fsp3) is 0.588. The standard InChI is InChI=1S/C17H27ClN2O/c1-4-7-9-14(8-5-2)20-17(21)15-12-13(18)10-11-16(15)19-6-3/h10-12,14,19H,4-9H2,1-3H3,(H,20,21). The lowest BCUT2D eigenvalue weighted by Gasteiger charge is -2.19. The molecule has 0 radical (unpaired) electrons. The van der Waals surface area contributed by atoms with E-state index < -0.39 is 0 Å². The minimum Gasteiger partial charge on any atom is -0.385 e. The molecular formula is C17H27ClN2O. The number of hydrogen-bond acceptors (Lipinski definition) is 2. The molecule has 118 valence electrons. The minimum absolute atomic E-state index is 0.0389. The molecule has 0 bridgehead atoms. The van der Waals surface area contributed by atoms with Gasteiger partial charge in [-0.15, -0.1) is 0 Å². The Balaban J connectivity index is 2.82. The average Bonchev–Trinajstić information content (AvgIpc) is 2.47. The summed E-state index contributed by atoms with van der Waals surface area (Å²) in [5.74, 6) is -0.0389. The first kappa shape index (κ1) is 17.8. The highest BCUT2D eigenvalue weighted by atomic mass is 35.5. The van der Waals surface area contributed by atoms with E-state index in [-0.39, 0.29) is 11.9 Å². The Bertz CT molecular complexity index is 448. The highest BCUT2D eigenvalue weighted by Crippen LogP contribution is 2.21. The van der Waals surface area contributed by atoms with E-state index in [0.717, 1.165) is 44.3 Å². The number of halogens is 1. The quantitative estimate of drug-likeness (QED) is 0.684. The van der Waals surface area contributed by atoms with E-state index in [1.54, 1.807) is 12.1 Å². The van der Waals surface area contributed by atoms with Crippen LogP contribution in [0.25, 0.3) is 0 Å². The summed E-state index contributed by atoms with van der Waals surface area (Å²) in [6, 6.07) is 5.65. The maximum absolute atomic E-state index is 12.5. The third-order valence-corrected chi connectivity index (χ3v) is 3.71. The molecule has 1 unspecified atom stereocenters. The lowest BCUT2D eigenvalue weighted by atomic mass is 10.0. The number of benzene rings is 1. The second-order valence-corrected chi connectivity index (χ2v) is 5.76. The van der Waals surface area contributed by atoms with Crippen LogP contribution >= 0.6 is 11.6 Å². The van der Waals surface area contributed by atoms with Gasteiger partial charge in [-0.3, -0.25) is 4.79 Å². The maximum atomic E-state index is 12.5. The smallest absolute Gasteiger partial charge is 0.253 e. The molecule has 1 aromatic rings. The first-order valence-electron chi connectivity index (χ1n) is 7.96. The van der Waals surface area contributed by atoms with E-state index in [1.165, 1.54) is 0 Å². The van der Waals surface area contributed by atoms with Crippen molar-refractivity contribution < 1.29 is 4.79 Å². The molecule has 1 rings (SSSR count). The van der Waals surface area contributed by atoms with Crippen molar-refractivity contribution in [1.29, 1.82) is 0 Å². The van der Waals surface area contributed by atoms with Crippen LogP contribution in [0.15, 0.2) is 18.2 Å². The van der Waals surface area contributed by atoms with Gasteiger partial charge in [-0.05, 0) is 38.0 Å². The Labute approximate surface area is 133 Å². The van der Waals surface area contributed by atoms with Crippen LogP contribution < -0.4 is 10.6 Å². The SMILES string of the molecule is CCCCC(CCC)NC(=O)c1cc(Cl)ccc1NCC. The van der Waals surface area contributed by atoms with Gasteiger partial charge in [0.2, 0.25) is 0 Å². The van der Waals surface area contributed by atoms with E-state index in [9.17, 15) is 4.79 Å². The van der Waals surface area contributed by atoms with Crippen molar-refractivity contribution in [3.05, 3.63) is 28.8 Å². The Hall–Kier alpha value is -1.22. The molecule has 21 heavy (non-hydrogen) atoms. The summed E-state index contributed by atoms with van der Waals surface area (Å²) >= 11 is 6.03. The van der Waals surface area contributed by atoms with E-state index in [1.807, 2.05) is 13.0 Å². The van der Waals surface area contributed by atoms with Crippen molar-refractivity contribution >= 4 is 23.2 Å². The molecule has 0 saturated heterocycles. The van der Waals surface area contributed by atoms with Gasteiger partial charge in [0.15, 0.2) is 0 Å². The van der Waals surface area contributed by atoms with Gasteiger partial charge in [0.05, 0.1) is 5.56 Å². The van der Waals surface area contributed by atoms with E-state index in [4.69, 9.17) is 11.6 Å². The van der Waals surface area contributed by atoms with Crippen LogP contribution in [0.4, 0.5) is 5.69 Å². The van der Waals surface area contributed by atoms with Crippen LogP contribution in [0.1, 0.15) is 63.2 Å². The number of carbonyl (C=O) groups excluding carboxylic acids is 1. The average molecular weight is 311 g/mol. The van der Waals surface area contributed by atoms with Crippen molar-refractivity contribution in [3.8, 4) is 0 Å². The van der Waals surface area contributed by atoms with E-state index >= 15 is 0 Å². The molecule has 0 fully saturated rings. The van der Waals surface area contributed by atoms with Crippen molar-refractivity contribution in [1.82, 2.24) is 5.32 Å². The van der Waals surface area contributed by atoms with Crippen molar-refractivity contribution in [2.24, 2.45) is 0 Å². The third kappa shape index (κ3) is 5.96. The molecule has 0 heterocycles. The van der Waals surface area contributed by atoms with Crippen molar-refractivity contribution in [3.63, 3.8) is 0 Å². The van der Waals surface area contributed by atoms with Gasteiger partial charge in [-0.1, -0.05) is 44.7 Å². The maximum Gasteiger partial charge on any atom is 0.253 e. The van der Waals surface area contributed by atoms with Gasteiger partial charge in [0, 0.05) is 23.3 Å². The van der Waals surface area contributed by atoms with Crippen LogP contribution in [0, 0.1) is 0 Å². The van der Waals surface area contributed by atoms with Crippen LogP contribution in [0.3, 0.4) is 0 Å². The van der Waals surface area contributed by atoms with Crippen LogP contribution in [-0.2, 0) is 0 Å². The Morgan fingerprint density at radius 2 is 1.95 bits per heavy atom. The molecule has 4 heteroatoms. The fourth-order valence-electron chi connectivity index (χ4n) is 2.40. The lowest BCUT2D eigenvalue weighted by molar-refractivity contribution is 0.0933. The van der Waals surface area contributed by atoms with Gasteiger partial charge in [0.25, 0.3) is 5.91 Å². The molecule has 0 aromatic heterocycles. The summed E-state index contributed by atoms with van der Waals surface area (Å²) in [6.45, 7) is 7.10. The predicted octanol–water partition coefficient (Wildman–Crippen LogP) is 4.86. The third-order valence-electron chi connectivity index (χ3n) is 3.47. The van der Waals surface area contributed by atoms with Crippen LogP contribution in [0.2, 0.25) is 5.02 Å². The van der Waals surface area contributed by atoms with Crippen LogP contribution in [-0.4, -0.2) is 18.5 Å². The summed E-state index contributed by atoms with van der Waals surface area (Å²) in [5, 5.41) is 6.96. The normalized spacial score (nSPS) is 12.0. The molecule has 0 aliphatic heterocycles. The largest absolute Gasteiger partial charge is 0.385 e. The molecule has 1 amide bonds. The highest BCUT2D eigenvalue weighted by molar-refractivity contribution is 6.31. The Morgan fingerprint density at radius 1 is 1.19 bits per heavy atom. The van der Waals surface area contributed by atoms with Gasteiger partial charge in [-0.25, -0.2) is 0 Å². The summed E-state index contributed by atoms with van der Waals surface area (Å²) in [4.78, 5) is 12.5. The molecule has 3 nitrogen and oxygen atoms in total. The monoisotopic (exact) mass is 310 g/mol. The first-order valence-corrected chi connectivity index (χ1v) is 8.34. The minimum atomic E-state index is -0.0389. The number of amides is 1. The van der Waals surface area contributed by atoms with E-state index in [2.05, 4.69) is 24.5 Å². The molecular weight excluding hydrogens is 284 g/mol. The van der Waals surface area contributed by atoms with Crippen molar-refractivity contribution in [2.45, 2.75) is 58.9 Å². The second kappa shape index (κ2) is 9.67. The zero-order valence-electron chi connectivity index (χ0n) is 13.3. The predicted molar refractivity (Wildman–Crippen MR) is 91.3 cm³/mol. The summed E-state index contributed by atoms with van der Waals surface area (Å²) < 4.78 is 0. The number of rotatable bonds is 9. The summed E-state index contributed by atoms with van der Waals surface area (Å²) in [6.07, 6.45) is 5.41. The molecule has 2 N–H and O–H groups in total. The second-order valence-electron chi connectivity index (χ2n) is 5.32. The van der Waals surface area contributed by atoms with Gasteiger partial charge < -0.3 is 10.6 Å². The lowest BCUT2D eigenvalue weighted by Crippen LogP contribution is -2.35. The molecule has 0 saturated carbocycles. The molecule has 1 atom stereocenters. The number of carbonyl (C=O) groups is 1. The Kier molecular flexibility index (Phi) is 8.21. The zero-order chi connectivity index (χ0) is 15.7. The highest BCUT2D eigenvalue weighted by Gasteiger charge is 2.16. The molecule has 1 aromatic carbocycles. The van der Waals surface area contributed by atoms with Crippen LogP contribution in [0.5, 0.6) is 0 Å². The summed E-state index contributed by atoms with van der Waals surface area (Å²) in [7, 11) is 0. The fourth-order valence-corrected chi connectivity index (χ4v) is 2.57. The topological polar surface area (TPSA) is 41.1 Å². The van der Waals surface area contributed by atoms with Gasteiger partial charge in [0.1, 0.15) is 0 Å². The molecule has 0 aliphatic rings. The van der Waals surface area contributed by atoms with E-state index in [0.29, 0.717) is 10.6 Å². The van der Waals surface area contributed by atoms with Crippen molar-refractivity contribution in [2.75, 3.05) is 11.9 Å². The first-order chi connectivity index (χ1) is 10.1. The number of nitrogens with one attached hydrogen (secondary N) is 2. The zero-order valence-corrected chi connectivity index (χ0v) is 14.1. The summed E-state index contributed by atoms with van der Waals surface area (Å²) in [5.41, 5.74) is 1.46.